The number of aliphatic hydroxyl groups excluding tert-OH is 1. The first-order valence-corrected chi connectivity index (χ1v) is 17.2. The molecule has 9 heteroatoms. The van der Waals surface area contributed by atoms with E-state index in [1.54, 1.807) is 18.0 Å². The number of benzene rings is 3. The van der Waals surface area contributed by atoms with Crippen molar-refractivity contribution in [2.24, 2.45) is 0 Å². The molecule has 0 spiro atoms. The summed E-state index contributed by atoms with van der Waals surface area (Å²) in [4.78, 5) is 27.8. The smallest absolute Gasteiger partial charge is 0.220 e. The Balaban J connectivity index is 1.19. The molecule has 47 heavy (non-hydrogen) atoms. The molecule has 1 fully saturated rings. The van der Waals surface area contributed by atoms with E-state index in [1.807, 2.05) is 54.6 Å². The van der Waals surface area contributed by atoms with Crippen molar-refractivity contribution < 1.29 is 24.2 Å². The zero-order chi connectivity index (χ0) is 32.8. The zero-order valence-corrected chi connectivity index (χ0v) is 27.6. The third kappa shape index (κ3) is 10.8. The number of carbonyl (C=O) groups excluding carboxylic acids is 2. The maximum Gasteiger partial charge on any atom is 0.220 e. The van der Waals surface area contributed by atoms with Gasteiger partial charge in [-0.3, -0.25) is 9.59 Å². The third-order valence-electron chi connectivity index (χ3n) is 8.06. The van der Waals surface area contributed by atoms with Crippen LogP contribution in [0.3, 0.4) is 0 Å². The van der Waals surface area contributed by atoms with Gasteiger partial charge in [0.05, 0.1) is 23.8 Å². The summed E-state index contributed by atoms with van der Waals surface area (Å²) >= 11 is 1.68. The van der Waals surface area contributed by atoms with Crippen molar-refractivity contribution in [3.05, 3.63) is 119 Å². The summed E-state index contributed by atoms with van der Waals surface area (Å²) in [6.07, 6.45) is 4.85. The topological polar surface area (TPSA) is 110 Å². The summed E-state index contributed by atoms with van der Waals surface area (Å²) in [5.41, 5.74) is 6.04. The first-order valence-electron chi connectivity index (χ1n) is 16.2. The molecule has 246 valence electrons. The normalized spacial score (nSPS) is 17.6. The number of hydrogen-bond donors (Lipinski definition) is 3. The van der Waals surface area contributed by atoms with Gasteiger partial charge in [0.25, 0.3) is 0 Å². The Morgan fingerprint density at radius 3 is 2.40 bits per heavy atom. The highest BCUT2D eigenvalue weighted by Gasteiger charge is 2.32. The fraction of sp³-hybridized carbons (Fsp3) is 0.342. The van der Waals surface area contributed by atoms with Gasteiger partial charge in [-0.15, -0.1) is 11.8 Å². The molecule has 0 unspecified atom stereocenters. The minimum Gasteiger partial charge on any atom is -0.392 e. The highest BCUT2D eigenvalue weighted by Crippen LogP contribution is 2.39. The predicted molar refractivity (Wildman–Crippen MR) is 184 cm³/mol. The molecule has 8 nitrogen and oxygen atoms in total. The van der Waals surface area contributed by atoms with Crippen LogP contribution >= 0.6 is 11.8 Å². The van der Waals surface area contributed by atoms with Gasteiger partial charge in [-0.1, -0.05) is 79.2 Å². The van der Waals surface area contributed by atoms with Crippen molar-refractivity contribution >= 4 is 23.6 Å². The van der Waals surface area contributed by atoms with Crippen LogP contribution in [0.4, 0.5) is 0 Å². The maximum absolute atomic E-state index is 12.4. The number of thioether (sulfide) groups is 1. The van der Waals surface area contributed by atoms with Crippen LogP contribution in [0.2, 0.25) is 0 Å². The van der Waals surface area contributed by atoms with Gasteiger partial charge in [0.2, 0.25) is 11.8 Å². The van der Waals surface area contributed by atoms with Gasteiger partial charge < -0.3 is 25.2 Å². The van der Waals surface area contributed by atoms with Gasteiger partial charge in [-0.05, 0) is 58.9 Å². The van der Waals surface area contributed by atoms with E-state index in [9.17, 15) is 14.7 Å². The van der Waals surface area contributed by atoms with Crippen molar-refractivity contribution in [2.45, 2.75) is 75.7 Å². The number of nitrogens with zero attached hydrogens (tertiary/aromatic N) is 1. The standard InChI is InChI=1S/C38H43N3O5S/c1-27(43)39-20-5-2-3-10-36(44)41-24-29-8-7-9-33(22-29)30-16-18-32(19-17-30)38-45-34(26-47-37-11-4-6-21-40-37)23-35(46-38)31-14-12-28(25-42)13-15-31/h4,6-9,11-19,21-22,34-35,38,42H,2-3,5,10,20,23-26H2,1H3,(H,39,43)(H,41,44)/t34-,35+,38+/m1/s1. The Bertz CT molecular complexity index is 1570. The van der Waals surface area contributed by atoms with E-state index in [1.165, 1.54) is 6.92 Å². The Morgan fingerprint density at radius 2 is 1.66 bits per heavy atom. The van der Waals surface area contributed by atoms with Crippen molar-refractivity contribution in [3.8, 4) is 11.1 Å². The average Bonchev–Trinajstić information content (AvgIpc) is 3.11. The van der Waals surface area contributed by atoms with Crippen molar-refractivity contribution in [1.82, 2.24) is 15.6 Å². The molecule has 3 aromatic carbocycles. The summed E-state index contributed by atoms with van der Waals surface area (Å²) in [7, 11) is 0. The Labute approximate surface area is 281 Å². The summed E-state index contributed by atoms with van der Waals surface area (Å²) in [6.45, 7) is 2.64. The van der Waals surface area contributed by atoms with Crippen molar-refractivity contribution in [2.75, 3.05) is 12.3 Å². The number of amides is 2. The number of rotatable bonds is 15. The van der Waals surface area contributed by atoms with Crippen LogP contribution in [0, 0.1) is 0 Å². The van der Waals surface area contributed by atoms with Crippen LogP contribution in [-0.2, 0) is 32.2 Å². The number of unbranched alkanes of at least 4 members (excludes halogenated alkanes) is 2. The number of hydrogen-bond acceptors (Lipinski definition) is 7. The lowest BCUT2D eigenvalue weighted by molar-refractivity contribution is -0.245. The third-order valence-corrected chi connectivity index (χ3v) is 9.13. The SMILES string of the molecule is CC(=O)NCCCCCC(=O)NCc1cccc(-c2ccc([C@H]3O[C@@H](CSc4ccccn4)C[C@@H](c4ccc(CO)cc4)O3)cc2)c1. The molecular formula is C38H43N3O5S. The van der Waals surface area contributed by atoms with Crippen LogP contribution in [0.5, 0.6) is 0 Å². The molecule has 5 rings (SSSR count). The monoisotopic (exact) mass is 653 g/mol. The molecule has 0 aliphatic carbocycles. The molecule has 1 saturated heterocycles. The zero-order valence-electron chi connectivity index (χ0n) is 26.8. The van der Waals surface area contributed by atoms with Gasteiger partial charge in [0.1, 0.15) is 0 Å². The second-order valence-corrected chi connectivity index (χ2v) is 12.8. The Morgan fingerprint density at radius 1 is 0.851 bits per heavy atom. The van der Waals surface area contributed by atoms with E-state index in [2.05, 4.69) is 52.0 Å². The molecular weight excluding hydrogens is 611 g/mol. The quantitative estimate of drug-likeness (QED) is 0.0947. The van der Waals surface area contributed by atoms with Gasteiger partial charge in [-0.2, -0.15) is 0 Å². The molecule has 1 aliphatic rings. The van der Waals surface area contributed by atoms with E-state index in [0.717, 1.165) is 69.8 Å². The summed E-state index contributed by atoms with van der Waals surface area (Å²) in [6, 6.07) is 30.3. The highest BCUT2D eigenvalue weighted by atomic mass is 32.2. The highest BCUT2D eigenvalue weighted by molar-refractivity contribution is 7.99. The lowest BCUT2D eigenvalue weighted by Gasteiger charge is -2.36. The minimum atomic E-state index is -0.526. The number of ether oxygens (including phenoxy) is 2. The molecule has 2 amide bonds. The molecule has 4 aromatic rings. The fourth-order valence-corrected chi connectivity index (χ4v) is 6.35. The van der Waals surface area contributed by atoms with Crippen LogP contribution in [0.15, 0.2) is 102 Å². The van der Waals surface area contributed by atoms with Gasteiger partial charge in [0.15, 0.2) is 6.29 Å². The number of carbonyl (C=O) groups is 2. The van der Waals surface area contributed by atoms with Crippen LogP contribution < -0.4 is 10.6 Å². The number of nitrogens with one attached hydrogen (secondary N) is 2. The molecule has 0 saturated carbocycles. The van der Waals surface area contributed by atoms with Gasteiger partial charge in [-0.25, -0.2) is 4.98 Å². The number of aromatic nitrogens is 1. The van der Waals surface area contributed by atoms with E-state index in [4.69, 9.17) is 9.47 Å². The fourth-order valence-electron chi connectivity index (χ4n) is 5.47. The molecule has 3 atom stereocenters. The first kappa shape index (κ1) is 34.3. The number of pyridine rings is 1. The van der Waals surface area contributed by atoms with Crippen LogP contribution in [0.1, 0.15) is 73.7 Å². The molecule has 0 radical (unpaired) electrons. The predicted octanol–water partition coefficient (Wildman–Crippen LogP) is 6.89. The Kier molecular flexibility index (Phi) is 13.0. The van der Waals surface area contributed by atoms with E-state index in [-0.39, 0.29) is 30.6 Å². The van der Waals surface area contributed by atoms with Crippen LogP contribution in [0.25, 0.3) is 11.1 Å². The molecule has 3 N–H and O–H groups in total. The van der Waals surface area contributed by atoms with Gasteiger partial charge in [0, 0.05) is 50.4 Å². The molecule has 0 bridgehead atoms. The molecule has 2 heterocycles. The second kappa shape index (κ2) is 17.8. The van der Waals surface area contributed by atoms with E-state index < -0.39 is 6.29 Å². The van der Waals surface area contributed by atoms with E-state index in [0.29, 0.717) is 19.5 Å². The lowest BCUT2D eigenvalue weighted by Crippen LogP contribution is -2.31. The summed E-state index contributed by atoms with van der Waals surface area (Å²) in [5, 5.41) is 16.3. The molecule has 1 aromatic heterocycles. The lowest BCUT2D eigenvalue weighted by atomic mass is 9.99. The van der Waals surface area contributed by atoms with Crippen molar-refractivity contribution in [3.63, 3.8) is 0 Å². The Hall–Kier alpha value is -4.02. The average molecular weight is 654 g/mol. The largest absolute Gasteiger partial charge is 0.392 e. The maximum atomic E-state index is 12.4. The van der Waals surface area contributed by atoms with E-state index >= 15 is 0 Å². The summed E-state index contributed by atoms with van der Waals surface area (Å²) < 4.78 is 13.0. The first-order chi connectivity index (χ1) is 23.0. The summed E-state index contributed by atoms with van der Waals surface area (Å²) in [5.74, 6) is 0.762. The second-order valence-electron chi connectivity index (χ2n) is 11.7. The van der Waals surface area contributed by atoms with Gasteiger partial charge >= 0.3 is 0 Å². The molecule has 1 aliphatic heterocycles. The number of aliphatic hydroxyl groups is 1. The van der Waals surface area contributed by atoms with Crippen LogP contribution in [-0.4, -0.2) is 40.3 Å². The minimum absolute atomic E-state index is 0.00775. The van der Waals surface area contributed by atoms with Crippen molar-refractivity contribution in [1.29, 1.82) is 0 Å².